The summed E-state index contributed by atoms with van der Waals surface area (Å²) in [7, 11) is 0. The van der Waals surface area contributed by atoms with Gasteiger partial charge in [-0.25, -0.2) is 9.31 Å². The third kappa shape index (κ3) is 2.39. The Balaban J connectivity index is 2.02. The molecule has 0 aliphatic carbocycles. The molecule has 1 aromatic carbocycles. The molecule has 0 saturated carbocycles. The molecule has 0 atom stereocenters. The van der Waals surface area contributed by atoms with Gasteiger partial charge in [-0.15, -0.1) is 5.10 Å². The highest BCUT2D eigenvalue weighted by atomic mass is 32.1. The molecule has 2 aromatic heterocycles. The Hall–Kier alpha value is -2.21. The van der Waals surface area contributed by atoms with Crippen molar-refractivity contribution in [2.24, 2.45) is 0 Å². The zero-order valence-corrected chi connectivity index (χ0v) is 13.7. The predicted octanol–water partition coefficient (Wildman–Crippen LogP) is 3.76. The fourth-order valence-corrected chi connectivity index (χ4v) is 3.18. The van der Waals surface area contributed by atoms with Gasteiger partial charge in [-0.05, 0) is 17.9 Å². The summed E-state index contributed by atoms with van der Waals surface area (Å²) in [4.78, 5) is 16.4. The van der Waals surface area contributed by atoms with Gasteiger partial charge in [0.15, 0.2) is 5.82 Å². The van der Waals surface area contributed by atoms with Crippen LogP contribution in [0.2, 0.25) is 0 Å². The number of aryl methyl sites for hydroxylation is 1. The quantitative estimate of drug-likeness (QED) is 0.782. The molecule has 0 unspecified atom stereocenters. The van der Waals surface area contributed by atoms with Gasteiger partial charge in [-0.3, -0.25) is 0 Å². The van der Waals surface area contributed by atoms with Crippen molar-refractivity contribution in [1.29, 1.82) is 0 Å². The summed E-state index contributed by atoms with van der Waals surface area (Å²) >= 11 is 1.14. The molecule has 3 aromatic rings. The third-order valence-electron chi connectivity index (χ3n) is 3.62. The first-order valence-electron chi connectivity index (χ1n) is 6.98. The summed E-state index contributed by atoms with van der Waals surface area (Å²) < 4.78 is 1.60. The van der Waals surface area contributed by atoms with Crippen molar-refractivity contribution in [2.75, 3.05) is 0 Å². The number of hydrogen-bond acceptors (Lipinski definition) is 4. The number of nitrogens with zero attached hydrogens (tertiary/aromatic N) is 3. The number of benzene rings is 1. The minimum absolute atomic E-state index is 0.105. The molecular formula is C16H17N3O2S. The van der Waals surface area contributed by atoms with Crippen molar-refractivity contribution in [3.63, 3.8) is 0 Å². The molecule has 0 amide bonds. The van der Waals surface area contributed by atoms with Crippen LogP contribution in [0.3, 0.4) is 0 Å². The first kappa shape index (κ1) is 14.7. The predicted molar refractivity (Wildman–Crippen MR) is 86.7 cm³/mol. The molecule has 6 heteroatoms. The lowest BCUT2D eigenvalue weighted by molar-refractivity contribution is 0.0701. The lowest BCUT2D eigenvalue weighted by atomic mass is 9.87. The Morgan fingerprint density at radius 1 is 1.23 bits per heavy atom. The van der Waals surface area contributed by atoms with Crippen molar-refractivity contribution in [3.8, 4) is 11.4 Å². The molecule has 22 heavy (non-hydrogen) atoms. The van der Waals surface area contributed by atoms with E-state index in [9.17, 15) is 4.79 Å². The molecule has 0 radical (unpaired) electrons. The van der Waals surface area contributed by atoms with E-state index in [1.165, 1.54) is 5.56 Å². The van der Waals surface area contributed by atoms with Gasteiger partial charge in [0, 0.05) is 5.56 Å². The smallest absolute Gasteiger partial charge is 0.347 e. The van der Waals surface area contributed by atoms with Crippen LogP contribution in [0.1, 0.15) is 41.7 Å². The van der Waals surface area contributed by atoms with Gasteiger partial charge in [0.25, 0.3) is 0 Å². The Morgan fingerprint density at radius 3 is 2.36 bits per heavy atom. The molecular weight excluding hydrogens is 298 g/mol. The zero-order chi connectivity index (χ0) is 16.1. The van der Waals surface area contributed by atoms with Crippen molar-refractivity contribution in [1.82, 2.24) is 14.6 Å². The van der Waals surface area contributed by atoms with Crippen LogP contribution in [-0.2, 0) is 5.41 Å². The average molecular weight is 315 g/mol. The second kappa shape index (κ2) is 4.91. The average Bonchev–Trinajstić information content (AvgIpc) is 2.98. The second-order valence-electron chi connectivity index (χ2n) is 6.28. The highest BCUT2D eigenvalue weighted by Gasteiger charge is 2.19. The van der Waals surface area contributed by atoms with E-state index >= 15 is 0 Å². The number of hydrogen-bond donors (Lipinski definition) is 1. The SMILES string of the molecule is Cc1c(C(=O)O)sc2nc(-c3ccc(C(C)(C)C)cc3)nn12. The van der Waals surface area contributed by atoms with E-state index in [0.717, 1.165) is 16.9 Å². The molecule has 0 spiro atoms. The van der Waals surface area contributed by atoms with Crippen LogP contribution in [0.5, 0.6) is 0 Å². The second-order valence-corrected chi connectivity index (χ2v) is 7.26. The Bertz CT molecular complexity index is 854. The van der Waals surface area contributed by atoms with Gasteiger partial charge in [0.05, 0.1) is 5.69 Å². The minimum Gasteiger partial charge on any atom is -0.477 e. The highest BCUT2D eigenvalue weighted by Crippen LogP contribution is 2.27. The van der Waals surface area contributed by atoms with Crippen molar-refractivity contribution in [3.05, 3.63) is 40.4 Å². The molecule has 2 heterocycles. The summed E-state index contributed by atoms with van der Waals surface area (Å²) in [5.74, 6) is -0.322. The van der Waals surface area contributed by atoms with E-state index in [2.05, 4.69) is 43.0 Å². The number of thiazole rings is 1. The maximum absolute atomic E-state index is 11.1. The van der Waals surface area contributed by atoms with E-state index in [0.29, 0.717) is 16.5 Å². The van der Waals surface area contributed by atoms with E-state index in [1.54, 1.807) is 11.4 Å². The Labute approximate surface area is 132 Å². The normalized spacial score (nSPS) is 12.0. The van der Waals surface area contributed by atoms with Crippen molar-refractivity contribution >= 4 is 22.3 Å². The largest absolute Gasteiger partial charge is 0.477 e. The highest BCUT2D eigenvalue weighted by molar-refractivity contribution is 7.18. The number of rotatable bonds is 2. The monoisotopic (exact) mass is 315 g/mol. The minimum atomic E-state index is -0.939. The van der Waals surface area contributed by atoms with Crippen LogP contribution in [0.4, 0.5) is 0 Å². The number of carboxylic acids is 1. The Morgan fingerprint density at radius 2 is 1.86 bits per heavy atom. The molecule has 0 bridgehead atoms. The lowest BCUT2D eigenvalue weighted by Crippen LogP contribution is -2.10. The zero-order valence-electron chi connectivity index (χ0n) is 12.9. The van der Waals surface area contributed by atoms with E-state index < -0.39 is 5.97 Å². The molecule has 1 N–H and O–H groups in total. The van der Waals surface area contributed by atoms with Gasteiger partial charge in [-0.1, -0.05) is 56.4 Å². The van der Waals surface area contributed by atoms with Crippen molar-refractivity contribution < 1.29 is 9.90 Å². The number of aromatic carboxylic acids is 1. The van der Waals surface area contributed by atoms with Gasteiger partial charge in [-0.2, -0.15) is 4.98 Å². The van der Waals surface area contributed by atoms with Gasteiger partial charge >= 0.3 is 5.97 Å². The molecule has 114 valence electrons. The molecule has 3 rings (SSSR count). The van der Waals surface area contributed by atoms with Crippen LogP contribution in [0, 0.1) is 6.92 Å². The first-order chi connectivity index (χ1) is 10.3. The maximum atomic E-state index is 11.1. The van der Waals surface area contributed by atoms with Crippen LogP contribution in [0.25, 0.3) is 16.3 Å². The Kier molecular flexibility index (Phi) is 3.29. The van der Waals surface area contributed by atoms with Crippen LogP contribution in [-0.4, -0.2) is 25.7 Å². The molecule has 0 aliphatic rings. The first-order valence-corrected chi connectivity index (χ1v) is 7.79. The van der Waals surface area contributed by atoms with E-state index in [1.807, 2.05) is 12.1 Å². The van der Waals surface area contributed by atoms with Gasteiger partial charge in [0.1, 0.15) is 4.88 Å². The van der Waals surface area contributed by atoms with Crippen LogP contribution >= 0.6 is 11.3 Å². The van der Waals surface area contributed by atoms with Crippen LogP contribution < -0.4 is 0 Å². The van der Waals surface area contributed by atoms with Gasteiger partial charge < -0.3 is 5.11 Å². The van der Waals surface area contributed by atoms with E-state index in [-0.39, 0.29) is 10.3 Å². The summed E-state index contributed by atoms with van der Waals surface area (Å²) in [5, 5.41) is 13.5. The fraction of sp³-hybridized carbons (Fsp3) is 0.312. The van der Waals surface area contributed by atoms with E-state index in [4.69, 9.17) is 5.11 Å². The third-order valence-corrected chi connectivity index (χ3v) is 4.74. The molecule has 5 nitrogen and oxygen atoms in total. The summed E-state index contributed by atoms with van der Waals surface area (Å²) in [6.45, 7) is 8.25. The van der Waals surface area contributed by atoms with Crippen molar-refractivity contribution in [2.45, 2.75) is 33.1 Å². The number of carbonyl (C=O) groups is 1. The summed E-state index contributed by atoms with van der Waals surface area (Å²) in [6, 6.07) is 8.18. The van der Waals surface area contributed by atoms with Gasteiger partial charge in [0.2, 0.25) is 4.96 Å². The summed E-state index contributed by atoms with van der Waals surface area (Å²) in [5.41, 5.74) is 2.90. The molecule has 0 fully saturated rings. The molecule has 0 aliphatic heterocycles. The number of fused-ring (bicyclic) bond motifs is 1. The summed E-state index contributed by atoms with van der Waals surface area (Å²) in [6.07, 6.45) is 0. The standard InChI is InChI=1S/C16H17N3O2S/c1-9-12(14(20)21)22-15-17-13(18-19(9)15)10-5-7-11(8-6-10)16(2,3)4/h5-8H,1-4H3,(H,20,21). The lowest BCUT2D eigenvalue weighted by Gasteiger charge is -2.18. The van der Waals surface area contributed by atoms with Crippen LogP contribution in [0.15, 0.2) is 24.3 Å². The fourth-order valence-electron chi connectivity index (χ4n) is 2.28. The maximum Gasteiger partial charge on any atom is 0.347 e. The number of aromatic nitrogens is 3. The topological polar surface area (TPSA) is 67.5 Å². The number of carboxylic acid groups (broad SMARTS) is 1. The molecule has 0 saturated heterocycles.